The third-order valence-electron chi connectivity index (χ3n) is 1.98. The molecular weight excluding hydrogens is 232 g/mol. The molecule has 0 saturated heterocycles. The highest BCUT2D eigenvalue weighted by Crippen LogP contribution is 2.12. The number of aryl methyl sites for hydroxylation is 1. The van der Waals surface area contributed by atoms with E-state index in [0.29, 0.717) is 11.6 Å². The van der Waals surface area contributed by atoms with Gasteiger partial charge in [0.05, 0.1) is 0 Å². The highest BCUT2D eigenvalue weighted by Gasteiger charge is 2.11. The Bertz CT molecular complexity index is 552. The van der Waals surface area contributed by atoms with Crippen LogP contribution in [0.4, 0.5) is 0 Å². The lowest BCUT2D eigenvalue weighted by Crippen LogP contribution is -2.06. The van der Waals surface area contributed by atoms with Crippen molar-refractivity contribution in [3.63, 3.8) is 0 Å². The fourth-order valence-electron chi connectivity index (χ4n) is 1.26. The number of hydrogen-bond donors (Lipinski definition) is 1. The maximum absolute atomic E-state index is 10.8. The van der Waals surface area contributed by atoms with Gasteiger partial charge in [0.1, 0.15) is 11.6 Å². The number of carbonyl (C=O) groups is 1. The summed E-state index contributed by atoms with van der Waals surface area (Å²) < 4.78 is 1.62. The van der Waals surface area contributed by atoms with E-state index in [1.807, 2.05) is 0 Å². The van der Waals surface area contributed by atoms with E-state index in [4.69, 9.17) is 16.7 Å². The van der Waals surface area contributed by atoms with E-state index in [9.17, 15) is 4.79 Å². The summed E-state index contributed by atoms with van der Waals surface area (Å²) in [6.07, 6.45) is 3.26. The largest absolute Gasteiger partial charge is 0.477 e. The molecule has 7 heteroatoms. The lowest BCUT2D eigenvalue weighted by molar-refractivity contribution is 0.0690. The molecule has 0 atom stereocenters. The summed E-state index contributed by atoms with van der Waals surface area (Å²) in [5, 5.41) is 8.72. The third-order valence-corrected chi connectivity index (χ3v) is 2.15. The molecule has 0 aliphatic carbocycles. The van der Waals surface area contributed by atoms with Gasteiger partial charge >= 0.3 is 5.97 Å². The molecule has 0 radical (unpaired) electrons. The summed E-state index contributed by atoms with van der Waals surface area (Å²) in [5.74, 6) is -0.0816. The molecule has 0 aromatic carbocycles. The van der Waals surface area contributed by atoms with Crippen LogP contribution < -0.4 is 0 Å². The lowest BCUT2D eigenvalue weighted by atomic mass is 10.4. The van der Waals surface area contributed by atoms with Gasteiger partial charge in [-0.3, -0.25) is 4.57 Å². The molecule has 0 spiro atoms. The Kier molecular flexibility index (Phi) is 2.57. The minimum atomic E-state index is -1.15. The second-order valence-electron chi connectivity index (χ2n) is 3.03. The van der Waals surface area contributed by atoms with Crippen LogP contribution in [0.3, 0.4) is 0 Å². The van der Waals surface area contributed by atoms with Crippen molar-refractivity contribution in [2.75, 3.05) is 0 Å². The number of aromatic carboxylic acids is 1. The van der Waals surface area contributed by atoms with E-state index in [0.717, 1.165) is 0 Å². The normalized spacial score (nSPS) is 10.4. The summed E-state index contributed by atoms with van der Waals surface area (Å²) in [6.45, 7) is 1.77. The molecule has 2 heterocycles. The standard InChI is InChI=1S/C9H7ClN4O2/c1-5-11-2-3-14(5)7-4-6(8(15)16)12-9(10)13-7/h2-4H,1H3,(H,15,16). The van der Waals surface area contributed by atoms with Gasteiger partial charge in [-0.15, -0.1) is 0 Å². The Labute approximate surface area is 95.6 Å². The molecule has 0 aliphatic heterocycles. The predicted molar refractivity (Wildman–Crippen MR) is 55.9 cm³/mol. The van der Waals surface area contributed by atoms with E-state index in [1.165, 1.54) is 6.07 Å². The van der Waals surface area contributed by atoms with Gasteiger partial charge in [0.15, 0.2) is 5.69 Å². The number of carboxylic acid groups (broad SMARTS) is 1. The monoisotopic (exact) mass is 238 g/mol. The van der Waals surface area contributed by atoms with Gasteiger partial charge in [-0.2, -0.15) is 4.98 Å². The summed E-state index contributed by atoms with van der Waals surface area (Å²) in [4.78, 5) is 22.3. The number of nitrogens with zero attached hydrogens (tertiary/aromatic N) is 4. The molecule has 2 aromatic rings. The van der Waals surface area contributed by atoms with Gasteiger partial charge in [-0.05, 0) is 18.5 Å². The van der Waals surface area contributed by atoms with Crippen LogP contribution in [-0.2, 0) is 0 Å². The van der Waals surface area contributed by atoms with Crippen molar-refractivity contribution in [3.05, 3.63) is 35.3 Å². The van der Waals surface area contributed by atoms with Crippen molar-refractivity contribution < 1.29 is 9.90 Å². The van der Waals surface area contributed by atoms with Crippen LogP contribution >= 0.6 is 11.6 Å². The minimum absolute atomic E-state index is 0.108. The van der Waals surface area contributed by atoms with Crippen molar-refractivity contribution in [1.82, 2.24) is 19.5 Å². The fraction of sp³-hybridized carbons (Fsp3) is 0.111. The van der Waals surface area contributed by atoms with Gasteiger partial charge in [0.25, 0.3) is 0 Å². The highest BCUT2D eigenvalue weighted by atomic mass is 35.5. The van der Waals surface area contributed by atoms with Crippen molar-refractivity contribution in [2.45, 2.75) is 6.92 Å². The molecular formula is C9H7ClN4O2. The van der Waals surface area contributed by atoms with Gasteiger partial charge in [0, 0.05) is 18.5 Å². The molecule has 0 saturated carbocycles. The molecule has 6 nitrogen and oxygen atoms in total. The number of halogens is 1. The minimum Gasteiger partial charge on any atom is -0.477 e. The zero-order chi connectivity index (χ0) is 11.7. The maximum atomic E-state index is 10.8. The molecule has 0 bridgehead atoms. The third kappa shape index (κ3) is 1.87. The second kappa shape index (κ2) is 3.90. The van der Waals surface area contributed by atoms with Gasteiger partial charge in [0.2, 0.25) is 5.28 Å². The van der Waals surface area contributed by atoms with Crippen molar-refractivity contribution in [3.8, 4) is 5.82 Å². The van der Waals surface area contributed by atoms with E-state index in [1.54, 1.807) is 23.9 Å². The summed E-state index contributed by atoms with van der Waals surface area (Å²) in [5.41, 5.74) is -0.150. The Morgan fingerprint density at radius 2 is 2.25 bits per heavy atom. The molecule has 0 amide bonds. The molecule has 1 N–H and O–H groups in total. The van der Waals surface area contributed by atoms with Crippen LogP contribution in [0.5, 0.6) is 0 Å². The van der Waals surface area contributed by atoms with E-state index in [-0.39, 0.29) is 11.0 Å². The lowest BCUT2D eigenvalue weighted by Gasteiger charge is -2.04. The quantitative estimate of drug-likeness (QED) is 0.798. The smallest absolute Gasteiger partial charge is 0.354 e. The fourth-order valence-corrected chi connectivity index (χ4v) is 1.44. The topological polar surface area (TPSA) is 80.9 Å². The molecule has 0 aliphatic rings. The van der Waals surface area contributed by atoms with Crippen LogP contribution in [0.1, 0.15) is 16.3 Å². The first-order valence-electron chi connectivity index (χ1n) is 4.36. The van der Waals surface area contributed by atoms with E-state index >= 15 is 0 Å². The molecule has 2 rings (SSSR count). The Morgan fingerprint density at radius 3 is 2.81 bits per heavy atom. The maximum Gasteiger partial charge on any atom is 0.354 e. The van der Waals surface area contributed by atoms with Gasteiger partial charge in [-0.25, -0.2) is 14.8 Å². The number of aromatic nitrogens is 4. The number of hydrogen-bond acceptors (Lipinski definition) is 4. The van der Waals surface area contributed by atoms with Crippen LogP contribution in [0.15, 0.2) is 18.5 Å². The number of imidazole rings is 1. The zero-order valence-corrected chi connectivity index (χ0v) is 9.01. The second-order valence-corrected chi connectivity index (χ2v) is 3.37. The van der Waals surface area contributed by atoms with Crippen LogP contribution in [0.2, 0.25) is 5.28 Å². The SMILES string of the molecule is Cc1nccn1-c1cc(C(=O)O)nc(Cl)n1. The van der Waals surface area contributed by atoms with Gasteiger partial charge in [-0.1, -0.05) is 0 Å². The number of rotatable bonds is 2. The first-order valence-corrected chi connectivity index (χ1v) is 4.74. The Hall–Kier alpha value is -1.95. The van der Waals surface area contributed by atoms with E-state index < -0.39 is 5.97 Å². The first kappa shape index (κ1) is 10.6. The average Bonchev–Trinajstić information content (AvgIpc) is 2.63. The van der Waals surface area contributed by atoms with Crippen molar-refractivity contribution in [1.29, 1.82) is 0 Å². The molecule has 0 unspecified atom stereocenters. The van der Waals surface area contributed by atoms with Crippen LogP contribution in [-0.4, -0.2) is 30.6 Å². The first-order chi connectivity index (χ1) is 7.58. The van der Waals surface area contributed by atoms with Gasteiger partial charge < -0.3 is 5.11 Å². The van der Waals surface area contributed by atoms with E-state index in [2.05, 4.69) is 15.0 Å². The van der Waals surface area contributed by atoms with Crippen molar-refractivity contribution >= 4 is 17.6 Å². The molecule has 0 fully saturated rings. The Morgan fingerprint density at radius 1 is 1.50 bits per heavy atom. The summed E-state index contributed by atoms with van der Waals surface area (Å²) >= 11 is 5.64. The average molecular weight is 239 g/mol. The molecule has 82 valence electrons. The van der Waals surface area contributed by atoms with Crippen molar-refractivity contribution in [2.24, 2.45) is 0 Å². The summed E-state index contributed by atoms with van der Waals surface area (Å²) in [7, 11) is 0. The summed E-state index contributed by atoms with van der Waals surface area (Å²) in [6, 6.07) is 1.34. The molecule has 2 aromatic heterocycles. The highest BCUT2D eigenvalue weighted by molar-refractivity contribution is 6.28. The van der Waals surface area contributed by atoms with Crippen LogP contribution in [0.25, 0.3) is 5.82 Å². The predicted octanol–water partition coefficient (Wildman–Crippen LogP) is 1.32. The Balaban J connectivity index is 2.58. The zero-order valence-electron chi connectivity index (χ0n) is 8.25. The number of carboxylic acids is 1. The molecule has 16 heavy (non-hydrogen) atoms. The van der Waals surface area contributed by atoms with Crippen LogP contribution in [0, 0.1) is 6.92 Å².